The molecule has 0 aliphatic carbocycles. The summed E-state index contributed by atoms with van der Waals surface area (Å²) in [5, 5.41) is 0. The van der Waals surface area contributed by atoms with E-state index in [1.165, 1.54) is 18.5 Å². The maximum Gasteiger partial charge on any atom is 0.259 e. The maximum atomic E-state index is 12.2. The second kappa shape index (κ2) is 5.69. The molecule has 0 unspecified atom stereocenters. The van der Waals surface area contributed by atoms with Crippen LogP contribution in [0.3, 0.4) is 0 Å². The first-order valence-electron chi connectivity index (χ1n) is 6.32. The van der Waals surface area contributed by atoms with Crippen LogP contribution in [0.4, 0.5) is 0 Å². The smallest absolute Gasteiger partial charge is 0.259 e. The summed E-state index contributed by atoms with van der Waals surface area (Å²) < 4.78 is 0. The standard InChI is InChI=1S/C13H17N3O3/c14-12(18)7-9-2-5-16(6-3-9)13(19)10-8-15-4-1-11(10)17/h1,4,8-9H,2-3,5-7H2,(H2,14,18)(H,15,17). The number of nitrogens with two attached hydrogens (primary N) is 1. The van der Waals surface area contributed by atoms with Crippen LogP contribution >= 0.6 is 0 Å². The fraction of sp³-hybridized carbons (Fsp3) is 0.462. The van der Waals surface area contributed by atoms with E-state index in [4.69, 9.17) is 5.73 Å². The molecule has 102 valence electrons. The molecule has 2 heterocycles. The highest BCUT2D eigenvalue weighted by Crippen LogP contribution is 2.20. The highest BCUT2D eigenvalue weighted by atomic mass is 16.2. The lowest BCUT2D eigenvalue weighted by Crippen LogP contribution is -2.40. The van der Waals surface area contributed by atoms with Gasteiger partial charge in [-0.2, -0.15) is 0 Å². The second-order valence-electron chi connectivity index (χ2n) is 4.83. The van der Waals surface area contributed by atoms with Crippen LogP contribution in [0.25, 0.3) is 0 Å². The molecule has 0 saturated carbocycles. The van der Waals surface area contributed by atoms with Crippen molar-refractivity contribution in [3.8, 4) is 0 Å². The average molecular weight is 263 g/mol. The number of aromatic amines is 1. The van der Waals surface area contributed by atoms with E-state index in [1.54, 1.807) is 4.90 Å². The Morgan fingerprint density at radius 2 is 2.05 bits per heavy atom. The third kappa shape index (κ3) is 3.21. The van der Waals surface area contributed by atoms with Gasteiger partial charge in [-0.05, 0) is 18.8 Å². The molecule has 2 amide bonds. The highest BCUT2D eigenvalue weighted by molar-refractivity contribution is 5.93. The Bertz CT molecular complexity index is 530. The summed E-state index contributed by atoms with van der Waals surface area (Å²) in [4.78, 5) is 39.0. The van der Waals surface area contributed by atoms with E-state index in [2.05, 4.69) is 4.98 Å². The molecule has 1 aromatic heterocycles. The Labute approximate surface area is 110 Å². The van der Waals surface area contributed by atoms with Crippen molar-refractivity contribution < 1.29 is 9.59 Å². The monoisotopic (exact) mass is 263 g/mol. The van der Waals surface area contributed by atoms with Crippen molar-refractivity contribution in [2.45, 2.75) is 19.3 Å². The number of rotatable bonds is 3. The highest BCUT2D eigenvalue weighted by Gasteiger charge is 2.25. The van der Waals surface area contributed by atoms with Crippen LogP contribution in [0.2, 0.25) is 0 Å². The van der Waals surface area contributed by atoms with Gasteiger partial charge in [0.05, 0.1) is 0 Å². The lowest BCUT2D eigenvalue weighted by Gasteiger charge is -2.31. The topological polar surface area (TPSA) is 96.3 Å². The van der Waals surface area contributed by atoms with Gasteiger partial charge in [0.25, 0.3) is 5.91 Å². The quantitative estimate of drug-likeness (QED) is 0.809. The predicted octanol–water partition coefficient (Wildman–Crippen LogP) is 0.102. The Hall–Kier alpha value is -2.11. The van der Waals surface area contributed by atoms with E-state index < -0.39 is 0 Å². The summed E-state index contributed by atoms with van der Waals surface area (Å²) in [6, 6.07) is 1.34. The first kappa shape index (κ1) is 13.3. The van der Waals surface area contributed by atoms with Crippen LogP contribution in [-0.2, 0) is 4.79 Å². The van der Waals surface area contributed by atoms with Gasteiger partial charge in [-0.15, -0.1) is 0 Å². The Morgan fingerprint density at radius 1 is 1.37 bits per heavy atom. The minimum Gasteiger partial charge on any atom is -0.370 e. The number of nitrogens with one attached hydrogen (secondary N) is 1. The molecule has 6 heteroatoms. The van der Waals surface area contributed by atoms with Crippen LogP contribution in [-0.4, -0.2) is 34.8 Å². The third-order valence-corrected chi connectivity index (χ3v) is 3.45. The molecule has 3 N–H and O–H groups in total. The molecule has 0 spiro atoms. The molecule has 1 fully saturated rings. The van der Waals surface area contributed by atoms with E-state index in [0.717, 1.165) is 12.8 Å². The normalized spacial score (nSPS) is 16.3. The van der Waals surface area contributed by atoms with Gasteiger partial charge in [-0.3, -0.25) is 14.4 Å². The molecule has 0 bridgehead atoms. The number of H-pyrrole nitrogens is 1. The van der Waals surface area contributed by atoms with E-state index >= 15 is 0 Å². The summed E-state index contributed by atoms with van der Waals surface area (Å²) in [6.45, 7) is 1.12. The van der Waals surface area contributed by atoms with Gasteiger partial charge in [-0.1, -0.05) is 0 Å². The van der Waals surface area contributed by atoms with Gasteiger partial charge in [0, 0.05) is 38.0 Å². The largest absolute Gasteiger partial charge is 0.370 e. The predicted molar refractivity (Wildman–Crippen MR) is 69.5 cm³/mol. The van der Waals surface area contributed by atoms with Gasteiger partial charge in [-0.25, -0.2) is 0 Å². The molecule has 2 rings (SSSR count). The van der Waals surface area contributed by atoms with E-state index in [-0.39, 0.29) is 28.7 Å². The maximum absolute atomic E-state index is 12.2. The summed E-state index contributed by atoms with van der Waals surface area (Å²) in [5.74, 6) is -0.306. The van der Waals surface area contributed by atoms with Crippen molar-refractivity contribution in [1.82, 2.24) is 9.88 Å². The SMILES string of the molecule is NC(=O)CC1CCN(C(=O)c2c[nH]ccc2=O)CC1. The lowest BCUT2D eigenvalue weighted by molar-refractivity contribution is -0.119. The number of primary amides is 1. The number of hydrogen-bond acceptors (Lipinski definition) is 3. The van der Waals surface area contributed by atoms with Gasteiger partial charge in [0.1, 0.15) is 5.56 Å². The third-order valence-electron chi connectivity index (χ3n) is 3.45. The molecule has 6 nitrogen and oxygen atoms in total. The number of piperidine rings is 1. The molecule has 1 aliphatic heterocycles. The minimum absolute atomic E-state index is 0.163. The van der Waals surface area contributed by atoms with Gasteiger partial charge < -0.3 is 15.6 Å². The zero-order valence-corrected chi connectivity index (χ0v) is 10.6. The van der Waals surface area contributed by atoms with Crippen molar-refractivity contribution in [3.63, 3.8) is 0 Å². The van der Waals surface area contributed by atoms with Gasteiger partial charge in [0.2, 0.25) is 5.91 Å². The Balaban J connectivity index is 1.98. The molecular weight excluding hydrogens is 246 g/mol. The molecule has 19 heavy (non-hydrogen) atoms. The molecule has 0 aromatic carbocycles. The Kier molecular flexibility index (Phi) is 3.99. The van der Waals surface area contributed by atoms with E-state index in [1.807, 2.05) is 0 Å². The van der Waals surface area contributed by atoms with E-state index in [0.29, 0.717) is 19.5 Å². The van der Waals surface area contributed by atoms with Crippen molar-refractivity contribution in [1.29, 1.82) is 0 Å². The number of amides is 2. The number of hydrogen-bond donors (Lipinski definition) is 2. The fourth-order valence-electron chi connectivity index (χ4n) is 2.38. The molecule has 0 atom stereocenters. The van der Waals surface area contributed by atoms with E-state index in [9.17, 15) is 14.4 Å². The zero-order chi connectivity index (χ0) is 13.8. The van der Waals surface area contributed by atoms with Crippen LogP contribution in [0.15, 0.2) is 23.3 Å². The molecule has 1 aromatic rings. The summed E-state index contributed by atoms with van der Waals surface area (Å²) >= 11 is 0. The first-order valence-corrected chi connectivity index (χ1v) is 6.32. The second-order valence-corrected chi connectivity index (χ2v) is 4.83. The van der Waals surface area contributed by atoms with Crippen molar-refractivity contribution in [3.05, 3.63) is 34.2 Å². The molecule has 1 saturated heterocycles. The Morgan fingerprint density at radius 3 is 2.63 bits per heavy atom. The number of likely N-dealkylation sites (tertiary alicyclic amines) is 1. The van der Waals surface area contributed by atoms with Crippen molar-refractivity contribution >= 4 is 11.8 Å². The average Bonchev–Trinajstić information content (AvgIpc) is 2.39. The summed E-state index contributed by atoms with van der Waals surface area (Å²) in [7, 11) is 0. The number of nitrogens with zero attached hydrogens (tertiary/aromatic N) is 1. The van der Waals surface area contributed by atoms with Crippen molar-refractivity contribution in [2.24, 2.45) is 11.7 Å². The van der Waals surface area contributed by atoms with Crippen molar-refractivity contribution in [2.75, 3.05) is 13.1 Å². The molecule has 0 radical (unpaired) electrons. The number of carbonyl (C=O) groups is 2. The zero-order valence-electron chi connectivity index (χ0n) is 10.6. The lowest BCUT2D eigenvalue weighted by atomic mass is 9.93. The number of carbonyl (C=O) groups excluding carboxylic acids is 2. The van der Waals surface area contributed by atoms with Crippen LogP contribution in [0.5, 0.6) is 0 Å². The fourth-order valence-corrected chi connectivity index (χ4v) is 2.38. The number of aromatic nitrogens is 1. The molecule has 1 aliphatic rings. The van der Waals surface area contributed by atoms with Crippen LogP contribution in [0, 0.1) is 5.92 Å². The first-order chi connectivity index (χ1) is 9.08. The minimum atomic E-state index is -0.302. The van der Waals surface area contributed by atoms with Gasteiger partial charge in [0.15, 0.2) is 5.43 Å². The van der Waals surface area contributed by atoms with Crippen LogP contribution < -0.4 is 11.2 Å². The van der Waals surface area contributed by atoms with Crippen LogP contribution in [0.1, 0.15) is 29.6 Å². The van der Waals surface area contributed by atoms with Gasteiger partial charge >= 0.3 is 0 Å². The number of pyridine rings is 1. The summed E-state index contributed by atoms with van der Waals surface area (Å²) in [5.41, 5.74) is 5.05. The molecular formula is C13H17N3O3. The summed E-state index contributed by atoms with van der Waals surface area (Å²) in [6.07, 6.45) is 4.80.